The van der Waals surface area contributed by atoms with Gasteiger partial charge in [-0.25, -0.2) is 5.06 Å². The van der Waals surface area contributed by atoms with Crippen LogP contribution in [-0.4, -0.2) is 97.0 Å². The molecule has 3 heterocycles. The zero-order valence-corrected chi connectivity index (χ0v) is 24.3. The highest BCUT2D eigenvalue weighted by Gasteiger charge is 2.48. The number of aliphatic carboxylic acids is 1. The van der Waals surface area contributed by atoms with Crippen LogP contribution in [0.4, 0.5) is 0 Å². The van der Waals surface area contributed by atoms with Crippen LogP contribution in [-0.2, 0) is 19.2 Å². The maximum absolute atomic E-state index is 13.4. The van der Waals surface area contributed by atoms with Crippen molar-refractivity contribution in [3.05, 3.63) is 17.7 Å². The minimum atomic E-state index is -0.942. The fourth-order valence-corrected chi connectivity index (χ4v) is 6.15. The fourth-order valence-electron chi connectivity index (χ4n) is 6.15. The van der Waals surface area contributed by atoms with Crippen molar-refractivity contribution >= 4 is 17.8 Å². The molecule has 0 aromatic heterocycles. The van der Waals surface area contributed by atoms with Gasteiger partial charge in [0.1, 0.15) is 0 Å². The van der Waals surface area contributed by atoms with Gasteiger partial charge < -0.3 is 24.2 Å². The zero-order valence-electron chi connectivity index (χ0n) is 24.3. The number of carbonyl (C=O) groups excluding carboxylic acids is 2. The van der Waals surface area contributed by atoms with E-state index in [0.29, 0.717) is 62.9 Å². The normalized spacial score (nSPS) is 23.6. The van der Waals surface area contributed by atoms with Crippen LogP contribution in [0.25, 0.3) is 0 Å². The molecule has 2 fully saturated rings. The third-order valence-electron chi connectivity index (χ3n) is 7.93. The van der Waals surface area contributed by atoms with Crippen LogP contribution >= 0.6 is 0 Å². The van der Waals surface area contributed by atoms with Gasteiger partial charge in [-0.2, -0.15) is 0 Å². The minimum Gasteiger partial charge on any atom is -0.493 e. The molecule has 4 rings (SSSR count). The van der Waals surface area contributed by atoms with E-state index in [1.165, 1.54) is 12.2 Å². The van der Waals surface area contributed by atoms with Crippen molar-refractivity contribution in [3.8, 4) is 17.2 Å². The first-order valence-electron chi connectivity index (χ1n) is 14.2. The standard InChI is InChI=1S/C29H43N3O8/c1-6-9-32(40-11-7-2)25(34)16-31-15-20(19-12-22(37-5)27-23(13-19)38-18-39-27)26(28(35)36)21(31)8-10-30-17-29(3,4)14-24(30)33/h12-13,20-21,26H,6-11,14-18H2,1-5H3,(H,35,36). The lowest BCUT2D eigenvalue weighted by molar-refractivity contribution is -0.188. The average molecular weight is 562 g/mol. The Balaban J connectivity index is 1.63. The van der Waals surface area contributed by atoms with Crippen LogP contribution in [0.15, 0.2) is 12.1 Å². The number of hydroxylamine groups is 2. The van der Waals surface area contributed by atoms with E-state index in [1.807, 2.05) is 29.7 Å². The maximum Gasteiger partial charge on any atom is 0.308 e. The molecule has 3 atom stereocenters. The lowest BCUT2D eigenvalue weighted by atomic mass is 9.84. The largest absolute Gasteiger partial charge is 0.493 e. The van der Waals surface area contributed by atoms with Crippen LogP contribution in [0.1, 0.15) is 64.9 Å². The van der Waals surface area contributed by atoms with E-state index in [1.54, 1.807) is 6.07 Å². The van der Waals surface area contributed by atoms with Crippen molar-refractivity contribution < 1.29 is 38.5 Å². The summed E-state index contributed by atoms with van der Waals surface area (Å²) in [6, 6.07) is 3.15. The zero-order chi connectivity index (χ0) is 29.0. The Kier molecular flexibility index (Phi) is 9.45. The summed E-state index contributed by atoms with van der Waals surface area (Å²) in [6.07, 6.45) is 2.43. The summed E-state index contributed by atoms with van der Waals surface area (Å²) in [7, 11) is 1.53. The molecule has 3 unspecified atom stereocenters. The van der Waals surface area contributed by atoms with Crippen LogP contribution in [0.2, 0.25) is 0 Å². The third-order valence-corrected chi connectivity index (χ3v) is 7.93. The summed E-state index contributed by atoms with van der Waals surface area (Å²) in [4.78, 5) is 48.4. The van der Waals surface area contributed by atoms with Crippen LogP contribution in [0.5, 0.6) is 17.2 Å². The summed E-state index contributed by atoms with van der Waals surface area (Å²) in [5.41, 5.74) is 0.636. The molecule has 1 aromatic rings. The Morgan fingerprint density at radius 1 is 1.20 bits per heavy atom. The highest BCUT2D eigenvalue weighted by atomic mass is 16.7. The van der Waals surface area contributed by atoms with E-state index in [2.05, 4.69) is 13.8 Å². The molecule has 3 aliphatic heterocycles. The quantitative estimate of drug-likeness (QED) is 0.363. The highest BCUT2D eigenvalue weighted by Crippen LogP contribution is 2.47. The Morgan fingerprint density at radius 2 is 1.98 bits per heavy atom. The number of carbonyl (C=O) groups is 3. The van der Waals surface area contributed by atoms with E-state index in [4.69, 9.17) is 19.0 Å². The number of carboxylic acids is 1. The van der Waals surface area contributed by atoms with Gasteiger partial charge >= 0.3 is 5.97 Å². The Labute approximate surface area is 236 Å². The molecule has 11 heteroatoms. The lowest BCUT2D eigenvalue weighted by Gasteiger charge is -2.30. The van der Waals surface area contributed by atoms with Crippen molar-refractivity contribution in [1.82, 2.24) is 14.9 Å². The second-order valence-electron chi connectivity index (χ2n) is 11.7. The number of methoxy groups -OCH3 is 1. The van der Waals surface area contributed by atoms with Gasteiger partial charge in [0.15, 0.2) is 11.5 Å². The summed E-state index contributed by atoms with van der Waals surface area (Å²) in [6.45, 7) is 10.5. The molecular formula is C29H43N3O8. The number of amides is 2. The monoisotopic (exact) mass is 561 g/mol. The second-order valence-corrected chi connectivity index (χ2v) is 11.7. The first-order valence-corrected chi connectivity index (χ1v) is 14.2. The smallest absolute Gasteiger partial charge is 0.308 e. The first kappa shape index (κ1) is 29.9. The first-order chi connectivity index (χ1) is 19.1. The van der Waals surface area contributed by atoms with Crippen molar-refractivity contribution in [2.75, 3.05) is 53.2 Å². The van der Waals surface area contributed by atoms with Gasteiger partial charge in [-0.15, -0.1) is 0 Å². The molecule has 0 spiro atoms. The molecule has 2 saturated heterocycles. The number of ether oxygens (including phenoxy) is 3. The Hall–Kier alpha value is -3.05. The molecule has 1 N–H and O–H groups in total. The Morgan fingerprint density at radius 3 is 2.60 bits per heavy atom. The molecule has 2 amide bonds. The second kappa shape index (κ2) is 12.6. The van der Waals surface area contributed by atoms with Crippen molar-refractivity contribution in [2.24, 2.45) is 11.3 Å². The van der Waals surface area contributed by atoms with Gasteiger partial charge in [0.05, 0.1) is 26.2 Å². The topological polar surface area (TPSA) is 118 Å². The predicted octanol–water partition coefficient (Wildman–Crippen LogP) is 3.12. The lowest BCUT2D eigenvalue weighted by Crippen LogP contribution is -2.45. The number of fused-ring (bicyclic) bond motifs is 1. The van der Waals surface area contributed by atoms with Crippen LogP contribution < -0.4 is 14.2 Å². The van der Waals surface area contributed by atoms with Crippen molar-refractivity contribution in [2.45, 2.75) is 65.3 Å². The molecule has 11 nitrogen and oxygen atoms in total. The highest BCUT2D eigenvalue weighted by molar-refractivity contribution is 5.80. The number of hydrogen-bond acceptors (Lipinski definition) is 8. The fraction of sp³-hybridized carbons (Fsp3) is 0.690. The summed E-state index contributed by atoms with van der Waals surface area (Å²) in [5.74, 6) is -0.812. The molecule has 222 valence electrons. The molecule has 40 heavy (non-hydrogen) atoms. The number of carboxylic acid groups (broad SMARTS) is 1. The van der Waals surface area contributed by atoms with E-state index < -0.39 is 23.8 Å². The Bertz CT molecular complexity index is 1090. The number of nitrogens with zero attached hydrogens (tertiary/aromatic N) is 3. The average Bonchev–Trinajstić information content (AvgIpc) is 3.59. The number of benzene rings is 1. The predicted molar refractivity (Wildman–Crippen MR) is 146 cm³/mol. The SMILES string of the molecule is CCCON(CCC)C(=O)CN1CC(c2cc(OC)c3c(c2)OCO3)C(C(=O)O)C1CCN1CC(C)(C)CC1=O. The van der Waals surface area contributed by atoms with Gasteiger partial charge in [0.2, 0.25) is 18.4 Å². The van der Waals surface area contributed by atoms with Gasteiger partial charge in [-0.3, -0.25) is 24.1 Å². The molecule has 1 aromatic carbocycles. The molecule has 0 aliphatic carbocycles. The van der Waals surface area contributed by atoms with E-state index >= 15 is 0 Å². The van der Waals surface area contributed by atoms with Gasteiger partial charge in [-0.05, 0) is 42.4 Å². The van der Waals surface area contributed by atoms with Crippen LogP contribution in [0, 0.1) is 11.3 Å². The number of likely N-dealkylation sites (tertiary alicyclic amines) is 2. The summed E-state index contributed by atoms with van der Waals surface area (Å²) < 4.78 is 16.7. The van der Waals surface area contributed by atoms with Crippen molar-refractivity contribution in [3.63, 3.8) is 0 Å². The molecular weight excluding hydrogens is 518 g/mol. The minimum absolute atomic E-state index is 0.0236. The van der Waals surface area contributed by atoms with Gasteiger partial charge in [0, 0.05) is 44.6 Å². The number of hydrogen-bond donors (Lipinski definition) is 1. The molecule has 3 aliphatic rings. The van der Waals surface area contributed by atoms with Crippen molar-refractivity contribution in [1.29, 1.82) is 0 Å². The summed E-state index contributed by atoms with van der Waals surface area (Å²) in [5, 5.41) is 11.9. The van der Waals surface area contributed by atoms with Gasteiger partial charge in [-0.1, -0.05) is 27.7 Å². The van der Waals surface area contributed by atoms with E-state index in [0.717, 1.165) is 18.4 Å². The third kappa shape index (κ3) is 6.46. The summed E-state index contributed by atoms with van der Waals surface area (Å²) >= 11 is 0. The molecule has 0 bridgehead atoms. The van der Waals surface area contributed by atoms with Crippen LogP contribution in [0.3, 0.4) is 0 Å². The van der Waals surface area contributed by atoms with Gasteiger partial charge in [0.25, 0.3) is 5.91 Å². The van der Waals surface area contributed by atoms with E-state index in [-0.39, 0.29) is 30.6 Å². The molecule has 0 radical (unpaired) electrons. The number of rotatable bonds is 13. The van der Waals surface area contributed by atoms with E-state index in [9.17, 15) is 19.5 Å². The maximum atomic E-state index is 13.4. The molecule has 0 saturated carbocycles.